The lowest BCUT2D eigenvalue weighted by Crippen LogP contribution is -2.24. The summed E-state index contributed by atoms with van der Waals surface area (Å²) in [6, 6.07) is 21.4. The summed E-state index contributed by atoms with van der Waals surface area (Å²) >= 11 is 6.03. The summed E-state index contributed by atoms with van der Waals surface area (Å²) in [4.78, 5) is 37.0. The molecular weight excluding hydrogens is 432 g/mol. The molecule has 0 saturated carbocycles. The Labute approximate surface area is 189 Å². The molecule has 7 nitrogen and oxygen atoms in total. The lowest BCUT2D eigenvalue weighted by molar-refractivity contribution is -0.149. The molecule has 0 fully saturated rings. The first-order valence-corrected chi connectivity index (χ1v) is 9.82. The maximum Gasteiger partial charge on any atom is 0.344 e. The van der Waals surface area contributed by atoms with Gasteiger partial charge in [0.2, 0.25) is 0 Å². The molecule has 0 atom stereocenters. The van der Waals surface area contributed by atoms with E-state index in [0.717, 1.165) is 0 Å². The van der Waals surface area contributed by atoms with E-state index in [1.165, 1.54) is 18.2 Å². The van der Waals surface area contributed by atoms with Crippen molar-refractivity contribution in [2.24, 2.45) is 0 Å². The summed E-state index contributed by atoms with van der Waals surface area (Å²) in [5, 5.41) is 11.9. The molecule has 0 saturated heterocycles. The number of nitrogens with one attached hydrogen (secondary N) is 1. The van der Waals surface area contributed by atoms with Gasteiger partial charge in [0.25, 0.3) is 5.91 Å². The first-order valence-electron chi connectivity index (χ1n) is 9.44. The lowest BCUT2D eigenvalue weighted by Gasteiger charge is -2.12. The van der Waals surface area contributed by atoms with E-state index >= 15 is 0 Å². The van der Waals surface area contributed by atoms with Crippen molar-refractivity contribution in [2.75, 3.05) is 18.5 Å². The predicted octanol–water partition coefficient (Wildman–Crippen LogP) is 4.00. The van der Waals surface area contributed by atoms with Crippen LogP contribution in [-0.2, 0) is 14.3 Å². The maximum atomic E-state index is 12.8. The van der Waals surface area contributed by atoms with E-state index in [2.05, 4.69) is 5.32 Å². The number of benzene rings is 3. The van der Waals surface area contributed by atoms with Crippen LogP contribution in [0.4, 0.5) is 5.69 Å². The van der Waals surface area contributed by atoms with E-state index in [9.17, 15) is 14.4 Å². The monoisotopic (exact) mass is 448 g/mol. The largest absolute Gasteiger partial charge is 0.481 e. The first-order chi connectivity index (χ1) is 15.5. The van der Waals surface area contributed by atoms with Gasteiger partial charge in [0.15, 0.2) is 19.0 Å². The molecule has 0 aliphatic rings. The second-order valence-electron chi connectivity index (χ2n) is 6.49. The van der Waals surface area contributed by atoms with Crippen LogP contribution in [0.15, 0.2) is 72.8 Å². The SMILES string of the molecule is N#Cc1ccccc1OCC(=O)OCC(=O)Nc1ccc(Cl)cc1C(=O)c1ccccc1. The smallest absolute Gasteiger partial charge is 0.344 e. The van der Waals surface area contributed by atoms with Crippen molar-refractivity contribution in [3.8, 4) is 11.8 Å². The molecule has 1 amide bonds. The fourth-order valence-corrected chi connectivity index (χ4v) is 2.93. The van der Waals surface area contributed by atoms with Crippen molar-refractivity contribution >= 4 is 34.9 Å². The van der Waals surface area contributed by atoms with Gasteiger partial charge in [-0.1, -0.05) is 54.1 Å². The van der Waals surface area contributed by atoms with E-state index in [0.29, 0.717) is 10.6 Å². The number of nitrogens with zero attached hydrogens (tertiary/aromatic N) is 1. The molecule has 3 rings (SSSR count). The molecule has 0 spiro atoms. The van der Waals surface area contributed by atoms with Crippen LogP contribution in [-0.4, -0.2) is 30.9 Å². The van der Waals surface area contributed by atoms with Gasteiger partial charge in [-0.25, -0.2) is 4.79 Å². The predicted molar refractivity (Wildman–Crippen MR) is 118 cm³/mol. The third kappa shape index (κ3) is 5.94. The minimum Gasteiger partial charge on any atom is -0.481 e. The van der Waals surface area contributed by atoms with Crippen molar-refractivity contribution in [2.45, 2.75) is 0 Å². The Kier molecular flexibility index (Phi) is 7.57. The van der Waals surface area contributed by atoms with Crippen LogP contribution >= 0.6 is 11.6 Å². The minimum absolute atomic E-state index is 0.208. The van der Waals surface area contributed by atoms with Gasteiger partial charge >= 0.3 is 5.97 Å². The number of ether oxygens (including phenoxy) is 2. The highest BCUT2D eigenvalue weighted by Crippen LogP contribution is 2.24. The van der Waals surface area contributed by atoms with Gasteiger partial charge in [-0.3, -0.25) is 9.59 Å². The Morgan fingerprint density at radius 1 is 0.938 bits per heavy atom. The maximum absolute atomic E-state index is 12.8. The number of anilines is 1. The molecule has 1 N–H and O–H groups in total. The third-order valence-electron chi connectivity index (χ3n) is 4.25. The highest BCUT2D eigenvalue weighted by Gasteiger charge is 2.17. The molecular formula is C24H17ClN2O5. The molecule has 0 aromatic heterocycles. The van der Waals surface area contributed by atoms with E-state index < -0.39 is 25.1 Å². The number of carbonyl (C=O) groups is 3. The quantitative estimate of drug-likeness (QED) is 0.412. The number of hydrogen-bond donors (Lipinski definition) is 1. The average molecular weight is 449 g/mol. The van der Waals surface area contributed by atoms with Crippen molar-refractivity contribution in [3.63, 3.8) is 0 Å². The molecule has 0 unspecified atom stereocenters. The average Bonchev–Trinajstić information content (AvgIpc) is 2.82. The summed E-state index contributed by atoms with van der Waals surface area (Å²) in [5.41, 5.74) is 1.16. The van der Waals surface area contributed by atoms with Crippen LogP contribution in [0.3, 0.4) is 0 Å². The van der Waals surface area contributed by atoms with Gasteiger partial charge in [-0.05, 0) is 30.3 Å². The molecule has 0 aliphatic heterocycles. The summed E-state index contributed by atoms with van der Waals surface area (Å²) in [7, 11) is 0. The van der Waals surface area contributed by atoms with Crippen molar-refractivity contribution in [3.05, 3.63) is 94.5 Å². The number of carbonyl (C=O) groups excluding carboxylic acids is 3. The third-order valence-corrected chi connectivity index (χ3v) is 4.49. The highest BCUT2D eigenvalue weighted by atomic mass is 35.5. The van der Waals surface area contributed by atoms with Crippen LogP contribution in [0.2, 0.25) is 5.02 Å². The number of rotatable bonds is 8. The van der Waals surface area contributed by atoms with E-state index in [1.807, 2.05) is 6.07 Å². The number of ketones is 1. The Morgan fingerprint density at radius 3 is 2.41 bits per heavy atom. The normalized spacial score (nSPS) is 10.0. The molecule has 0 radical (unpaired) electrons. The second-order valence-corrected chi connectivity index (χ2v) is 6.93. The van der Waals surface area contributed by atoms with Crippen molar-refractivity contribution in [1.82, 2.24) is 0 Å². The summed E-state index contributed by atoms with van der Waals surface area (Å²) in [6.07, 6.45) is 0. The Balaban J connectivity index is 1.59. The molecule has 3 aromatic rings. The minimum atomic E-state index is -0.787. The standard InChI is InChI=1S/C24H17ClN2O5/c25-18-10-11-20(19(12-18)24(30)16-6-2-1-3-7-16)27-22(28)14-32-23(29)15-31-21-9-5-4-8-17(21)13-26/h1-12H,14-15H2,(H,27,28). The molecule has 32 heavy (non-hydrogen) atoms. The zero-order valence-corrected chi connectivity index (χ0v) is 17.5. The van der Waals surface area contributed by atoms with E-state index in [-0.39, 0.29) is 28.3 Å². The van der Waals surface area contributed by atoms with E-state index in [4.69, 9.17) is 26.3 Å². The summed E-state index contributed by atoms with van der Waals surface area (Å²) < 4.78 is 10.2. The number of para-hydroxylation sites is 1. The van der Waals surface area contributed by atoms with Crippen molar-refractivity contribution < 1.29 is 23.9 Å². The van der Waals surface area contributed by atoms with Gasteiger partial charge in [-0.15, -0.1) is 0 Å². The summed E-state index contributed by atoms with van der Waals surface area (Å²) in [5.74, 6) is -1.50. The Hall–Kier alpha value is -4.15. The van der Waals surface area contributed by atoms with Crippen LogP contribution in [0.5, 0.6) is 5.75 Å². The van der Waals surface area contributed by atoms with Gasteiger partial charge in [0, 0.05) is 16.1 Å². The van der Waals surface area contributed by atoms with Gasteiger partial charge in [0.05, 0.1) is 11.3 Å². The van der Waals surface area contributed by atoms with E-state index in [1.54, 1.807) is 54.6 Å². The fourth-order valence-electron chi connectivity index (χ4n) is 2.75. The van der Waals surface area contributed by atoms with Crippen LogP contribution < -0.4 is 10.1 Å². The second kappa shape index (κ2) is 10.8. The number of amides is 1. The lowest BCUT2D eigenvalue weighted by atomic mass is 10.0. The number of esters is 1. The van der Waals surface area contributed by atoms with Gasteiger partial charge in [-0.2, -0.15) is 5.26 Å². The van der Waals surface area contributed by atoms with Crippen LogP contribution in [0.25, 0.3) is 0 Å². The van der Waals surface area contributed by atoms with Crippen LogP contribution in [0.1, 0.15) is 21.5 Å². The molecule has 0 heterocycles. The Bertz CT molecular complexity index is 1190. The first kappa shape index (κ1) is 22.5. The van der Waals surface area contributed by atoms with Gasteiger partial charge < -0.3 is 14.8 Å². The highest BCUT2D eigenvalue weighted by molar-refractivity contribution is 6.31. The fraction of sp³-hybridized carbons (Fsp3) is 0.0833. The molecule has 3 aromatic carbocycles. The zero-order valence-electron chi connectivity index (χ0n) is 16.7. The number of hydrogen-bond acceptors (Lipinski definition) is 6. The molecule has 8 heteroatoms. The van der Waals surface area contributed by atoms with Crippen molar-refractivity contribution in [1.29, 1.82) is 5.26 Å². The molecule has 0 bridgehead atoms. The number of nitriles is 1. The Morgan fingerprint density at radius 2 is 1.66 bits per heavy atom. The topological polar surface area (TPSA) is 105 Å². The molecule has 160 valence electrons. The number of halogens is 1. The summed E-state index contributed by atoms with van der Waals surface area (Å²) in [6.45, 7) is -1.05. The van der Waals surface area contributed by atoms with Crippen LogP contribution in [0, 0.1) is 11.3 Å². The zero-order chi connectivity index (χ0) is 22.9. The molecule has 0 aliphatic carbocycles. The van der Waals surface area contributed by atoms with Gasteiger partial charge in [0.1, 0.15) is 11.8 Å².